The molecular weight excluding hydrogens is 525 g/mol. The lowest BCUT2D eigenvalue weighted by Gasteiger charge is -2.15. The molecule has 1 aliphatic carbocycles. The van der Waals surface area contributed by atoms with Gasteiger partial charge < -0.3 is 5.32 Å². The quantitative estimate of drug-likeness (QED) is 0.293. The molecule has 5 nitrogen and oxygen atoms in total. The van der Waals surface area contributed by atoms with Crippen molar-refractivity contribution in [3.63, 3.8) is 0 Å². The topological polar surface area (TPSA) is 75.3 Å². The summed E-state index contributed by atoms with van der Waals surface area (Å²) in [6.45, 7) is 1.80. The van der Waals surface area contributed by atoms with Gasteiger partial charge in [0.15, 0.2) is 0 Å². The Morgan fingerprint density at radius 3 is 2.23 bits per heavy atom. The van der Waals surface area contributed by atoms with Crippen LogP contribution in [0.1, 0.15) is 32.6 Å². The number of fused-ring (bicyclic) bond motifs is 1. The molecule has 0 saturated carbocycles. The van der Waals surface area contributed by atoms with Gasteiger partial charge in [-0.1, -0.05) is 48.5 Å². The summed E-state index contributed by atoms with van der Waals surface area (Å²) in [5.41, 5.74) is 3.87. The highest BCUT2D eigenvalue weighted by molar-refractivity contribution is 7.89. The Kier molecular flexibility index (Phi) is 7.05. The van der Waals surface area contributed by atoms with Crippen LogP contribution in [0.2, 0.25) is 0 Å². The molecule has 9 heteroatoms. The number of amides is 1. The van der Waals surface area contributed by atoms with Crippen molar-refractivity contribution in [3.8, 4) is 11.1 Å². The maximum atomic E-state index is 13.3. The maximum Gasteiger partial charge on any atom is 0.416 e. The van der Waals surface area contributed by atoms with E-state index in [4.69, 9.17) is 0 Å². The maximum absolute atomic E-state index is 13.3. The second kappa shape index (κ2) is 10.3. The molecule has 0 aromatic heterocycles. The highest BCUT2D eigenvalue weighted by Gasteiger charge is 2.30. The molecule has 0 fully saturated rings. The first-order valence-electron chi connectivity index (χ1n) is 12.3. The van der Waals surface area contributed by atoms with Crippen molar-refractivity contribution in [1.29, 1.82) is 0 Å². The lowest BCUT2D eigenvalue weighted by Crippen LogP contribution is -2.35. The molecule has 2 N–H and O–H groups in total. The molecule has 0 radical (unpaired) electrons. The van der Waals surface area contributed by atoms with E-state index in [0.717, 1.165) is 28.8 Å². The number of carbonyl (C=O) groups excluding carboxylic acids is 1. The van der Waals surface area contributed by atoms with Crippen LogP contribution >= 0.6 is 0 Å². The molecular formula is C30H25F3N2O3S. The predicted molar refractivity (Wildman–Crippen MR) is 144 cm³/mol. The standard InChI is InChI=1S/C30H25F3N2O3S/c1-19-6-5-9-27(28(19)20-10-13-23(14-11-20)30(31,32)33)29(36)34-24-15-12-21-16-25(18-22(21)17-24)35-39(37,38)26-7-3-2-4-8-26/h2-15,17,25,35H,16,18H2,1H3,(H,34,36)/t25-/m0/s1. The fraction of sp³-hybridized carbons (Fsp3) is 0.167. The molecule has 5 rings (SSSR count). The zero-order valence-corrected chi connectivity index (χ0v) is 21.7. The number of hydrogen-bond donors (Lipinski definition) is 2. The molecule has 4 aromatic rings. The summed E-state index contributed by atoms with van der Waals surface area (Å²) < 4.78 is 67.3. The number of aryl methyl sites for hydroxylation is 1. The van der Waals surface area contributed by atoms with Crippen LogP contribution < -0.4 is 10.0 Å². The summed E-state index contributed by atoms with van der Waals surface area (Å²) in [6, 6.07) is 23.3. The summed E-state index contributed by atoms with van der Waals surface area (Å²) in [6.07, 6.45) is -3.43. The van der Waals surface area contributed by atoms with Crippen LogP contribution in [0, 0.1) is 6.92 Å². The van der Waals surface area contributed by atoms with E-state index < -0.39 is 27.7 Å². The monoisotopic (exact) mass is 550 g/mol. The fourth-order valence-corrected chi connectivity index (χ4v) is 6.19. The number of halogens is 3. The average Bonchev–Trinajstić information content (AvgIpc) is 3.29. The van der Waals surface area contributed by atoms with Gasteiger partial charge in [-0.15, -0.1) is 0 Å². The Morgan fingerprint density at radius 2 is 1.54 bits per heavy atom. The summed E-state index contributed by atoms with van der Waals surface area (Å²) >= 11 is 0. The molecule has 39 heavy (non-hydrogen) atoms. The molecule has 0 unspecified atom stereocenters. The third kappa shape index (κ3) is 5.74. The molecule has 1 amide bonds. The van der Waals surface area contributed by atoms with Crippen LogP contribution in [0.5, 0.6) is 0 Å². The van der Waals surface area contributed by atoms with Crippen LogP contribution in [0.3, 0.4) is 0 Å². The van der Waals surface area contributed by atoms with Gasteiger partial charge in [-0.2, -0.15) is 13.2 Å². The third-order valence-corrected chi connectivity index (χ3v) is 8.33. The van der Waals surface area contributed by atoms with Crippen molar-refractivity contribution in [1.82, 2.24) is 4.72 Å². The first-order chi connectivity index (χ1) is 18.5. The fourth-order valence-electron chi connectivity index (χ4n) is 4.93. The van der Waals surface area contributed by atoms with E-state index in [0.29, 0.717) is 35.2 Å². The van der Waals surface area contributed by atoms with E-state index in [1.807, 2.05) is 12.1 Å². The smallest absolute Gasteiger partial charge is 0.322 e. The van der Waals surface area contributed by atoms with Crippen molar-refractivity contribution in [3.05, 3.63) is 119 Å². The number of alkyl halides is 3. The number of rotatable bonds is 6. The van der Waals surface area contributed by atoms with Gasteiger partial charge in [-0.05, 0) is 90.0 Å². The Morgan fingerprint density at radius 1 is 0.846 bits per heavy atom. The van der Waals surface area contributed by atoms with E-state index >= 15 is 0 Å². The second-order valence-electron chi connectivity index (χ2n) is 9.55. The highest BCUT2D eigenvalue weighted by Crippen LogP contribution is 2.34. The van der Waals surface area contributed by atoms with Crippen LogP contribution in [-0.4, -0.2) is 20.4 Å². The zero-order valence-electron chi connectivity index (χ0n) is 20.9. The molecule has 0 aliphatic heterocycles. The van der Waals surface area contributed by atoms with Gasteiger partial charge in [-0.25, -0.2) is 13.1 Å². The zero-order chi connectivity index (χ0) is 27.8. The van der Waals surface area contributed by atoms with Gasteiger partial charge in [-0.3, -0.25) is 4.79 Å². The number of benzene rings is 4. The van der Waals surface area contributed by atoms with Crippen LogP contribution in [0.4, 0.5) is 18.9 Å². The minimum absolute atomic E-state index is 0.205. The molecule has 0 heterocycles. The van der Waals surface area contributed by atoms with Gasteiger partial charge in [0.2, 0.25) is 10.0 Å². The summed E-state index contributed by atoms with van der Waals surface area (Å²) in [4.78, 5) is 13.5. The van der Waals surface area contributed by atoms with Crippen molar-refractivity contribution in [2.75, 3.05) is 5.32 Å². The van der Waals surface area contributed by atoms with Gasteiger partial charge in [0.25, 0.3) is 5.91 Å². The molecule has 0 bridgehead atoms. The van der Waals surface area contributed by atoms with E-state index in [1.54, 1.807) is 61.5 Å². The van der Waals surface area contributed by atoms with Crippen LogP contribution in [-0.2, 0) is 29.0 Å². The third-order valence-electron chi connectivity index (χ3n) is 6.79. The highest BCUT2D eigenvalue weighted by atomic mass is 32.2. The van der Waals surface area contributed by atoms with E-state index in [2.05, 4.69) is 10.0 Å². The number of hydrogen-bond acceptors (Lipinski definition) is 3. The van der Waals surface area contributed by atoms with Gasteiger partial charge >= 0.3 is 6.18 Å². The van der Waals surface area contributed by atoms with E-state index in [9.17, 15) is 26.4 Å². The van der Waals surface area contributed by atoms with Crippen LogP contribution in [0.25, 0.3) is 11.1 Å². The van der Waals surface area contributed by atoms with Gasteiger partial charge in [0.1, 0.15) is 0 Å². The number of sulfonamides is 1. The lowest BCUT2D eigenvalue weighted by atomic mass is 9.93. The number of nitrogens with one attached hydrogen (secondary N) is 2. The van der Waals surface area contributed by atoms with E-state index in [-0.39, 0.29) is 10.9 Å². The molecule has 1 atom stereocenters. The summed E-state index contributed by atoms with van der Waals surface area (Å²) in [7, 11) is -3.65. The van der Waals surface area contributed by atoms with Crippen molar-refractivity contribution in [2.24, 2.45) is 0 Å². The van der Waals surface area contributed by atoms with Crippen molar-refractivity contribution in [2.45, 2.75) is 36.9 Å². The average molecular weight is 551 g/mol. The summed E-state index contributed by atoms with van der Waals surface area (Å²) in [5, 5.41) is 2.89. The number of anilines is 1. The Hall–Kier alpha value is -3.95. The second-order valence-corrected chi connectivity index (χ2v) is 11.3. The Labute approximate surface area is 224 Å². The molecule has 0 spiro atoms. The first-order valence-corrected chi connectivity index (χ1v) is 13.8. The van der Waals surface area contributed by atoms with Crippen molar-refractivity contribution < 1.29 is 26.4 Å². The molecule has 4 aromatic carbocycles. The largest absolute Gasteiger partial charge is 0.416 e. The predicted octanol–water partition coefficient (Wildman–Crippen LogP) is 6.38. The minimum Gasteiger partial charge on any atom is -0.322 e. The van der Waals surface area contributed by atoms with E-state index in [1.165, 1.54) is 12.1 Å². The first kappa shape index (κ1) is 26.6. The summed E-state index contributed by atoms with van der Waals surface area (Å²) in [5.74, 6) is -0.395. The SMILES string of the molecule is Cc1cccc(C(=O)Nc2ccc3c(c2)C[C@@H](NS(=O)(=O)c2ccccc2)C3)c1-c1ccc(C(F)(F)F)cc1. The van der Waals surface area contributed by atoms with Crippen molar-refractivity contribution >= 4 is 21.6 Å². The molecule has 200 valence electrons. The molecule has 0 saturated heterocycles. The molecule has 1 aliphatic rings. The lowest BCUT2D eigenvalue weighted by molar-refractivity contribution is -0.137. The minimum atomic E-state index is -4.45. The van der Waals surface area contributed by atoms with Gasteiger partial charge in [0, 0.05) is 17.3 Å². The Bertz CT molecular complexity index is 1630. The normalized spacial score (nSPS) is 15.1. The van der Waals surface area contributed by atoms with Gasteiger partial charge in [0.05, 0.1) is 10.5 Å². The Balaban J connectivity index is 1.33. The number of carbonyl (C=O) groups is 1. The van der Waals surface area contributed by atoms with Crippen LogP contribution in [0.15, 0.2) is 95.9 Å².